The summed E-state index contributed by atoms with van der Waals surface area (Å²) in [5.74, 6) is -0.652. The molecule has 0 radical (unpaired) electrons. The first-order valence-electron chi connectivity index (χ1n) is 6.50. The Morgan fingerprint density at radius 2 is 2.15 bits per heavy atom. The van der Waals surface area contributed by atoms with Gasteiger partial charge in [-0.25, -0.2) is 0 Å². The maximum absolute atomic E-state index is 11.4. The smallest absolute Gasteiger partial charge is 0.315 e. The van der Waals surface area contributed by atoms with Gasteiger partial charge in [-0.2, -0.15) is 0 Å². The van der Waals surface area contributed by atoms with E-state index >= 15 is 0 Å². The Bertz CT molecular complexity index is 546. The van der Waals surface area contributed by atoms with Crippen molar-refractivity contribution in [3.63, 3.8) is 0 Å². The molecule has 1 heterocycles. The lowest BCUT2D eigenvalue weighted by atomic mass is 9.92. The molecule has 0 bridgehead atoms. The molecule has 0 aliphatic carbocycles. The van der Waals surface area contributed by atoms with Crippen LogP contribution >= 0.6 is 0 Å². The number of nitro groups is 1. The lowest BCUT2D eigenvalue weighted by Gasteiger charge is -2.38. The van der Waals surface area contributed by atoms with Gasteiger partial charge in [0, 0.05) is 12.6 Å². The summed E-state index contributed by atoms with van der Waals surface area (Å²) in [4.78, 5) is 23.9. The molecule has 108 valence electrons. The van der Waals surface area contributed by atoms with Gasteiger partial charge in [0.25, 0.3) is 0 Å². The summed E-state index contributed by atoms with van der Waals surface area (Å²) in [6.45, 7) is 2.37. The summed E-state index contributed by atoms with van der Waals surface area (Å²) >= 11 is 0. The number of hydrogen-bond donors (Lipinski definition) is 2. The second kappa shape index (κ2) is 5.36. The Morgan fingerprint density at radius 3 is 2.75 bits per heavy atom. The van der Waals surface area contributed by atoms with Crippen LogP contribution in [-0.4, -0.2) is 23.4 Å². The van der Waals surface area contributed by atoms with Gasteiger partial charge in [0.2, 0.25) is 5.91 Å². The van der Waals surface area contributed by atoms with Gasteiger partial charge in [0.05, 0.1) is 10.8 Å². The van der Waals surface area contributed by atoms with Crippen LogP contribution in [0.15, 0.2) is 18.2 Å². The molecule has 0 saturated carbocycles. The van der Waals surface area contributed by atoms with Crippen molar-refractivity contribution in [3.8, 4) is 0 Å². The summed E-state index contributed by atoms with van der Waals surface area (Å²) in [7, 11) is 0. The zero-order chi connectivity index (χ0) is 14.9. The first-order valence-corrected chi connectivity index (χ1v) is 6.50. The first-order chi connectivity index (χ1) is 9.41. The number of carbonyl (C=O) groups is 1. The van der Waals surface area contributed by atoms with E-state index < -0.39 is 4.92 Å². The van der Waals surface area contributed by atoms with Crippen molar-refractivity contribution < 1.29 is 9.72 Å². The molecule has 7 heteroatoms. The Morgan fingerprint density at radius 1 is 1.45 bits per heavy atom. The second-order valence-corrected chi connectivity index (χ2v) is 5.15. The second-order valence-electron chi connectivity index (χ2n) is 5.15. The number of carbonyl (C=O) groups excluding carboxylic acids is 1. The van der Waals surface area contributed by atoms with E-state index in [1.807, 2.05) is 11.8 Å². The number of nitro benzene ring substituents is 1. The predicted molar refractivity (Wildman–Crippen MR) is 76.2 cm³/mol. The molecule has 0 aromatic heterocycles. The van der Waals surface area contributed by atoms with E-state index in [1.165, 1.54) is 6.07 Å². The van der Waals surface area contributed by atoms with Crippen molar-refractivity contribution in [1.82, 2.24) is 0 Å². The van der Waals surface area contributed by atoms with E-state index in [2.05, 4.69) is 0 Å². The van der Waals surface area contributed by atoms with Crippen molar-refractivity contribution in [2.75, 3.05) is 17.2 Å². The normalized spacial score (nSPS) is 22.6. The van der Waals surface area contributed by atoms with Crippen LogP contribution < -0.4 is 16.4 Å². The van der Waals surface area contributed by atoms with Gasteiger partial charge in [-0.1, -0.05) is 6.07 Å². The molecule has 1 aromatic carbocycles. The molecule has 1 amide bonds. The van der Waals surface area contributed by atoms with Gasteiger partial charge in [-0.3, -0.25) is 14.9 Å². The fourth-order valence-corrected chi connectivity index (χ4v) is 2.65. The SMILES string of the molecule is CC1CCC(C(N)=O)CN1c1cccc(N)c1[N+](=O)[O-]. The van der Waals surface area contributed by atoms with Crippen LogP contribution in [0.4, 0.5) is 17.1 Å². The van der Waals surface area contributed by atoms with E-state index in [4.69, 9.17) is 11.5 Å². The zero-order valence-corrected chi connectivity index (χ0v) is 11.3. The molecule has 4 N–H and O–H groups in total. The summed E-state index contributed by atoms with van der Waals surface area (Å²) in [5, 5.41) is 11.2. The average Bonchev–Trinajstić information content (AvgIpc) is 2.38. The number of nitrogens with zero attached hydrogens (tertiary/aromatic N) is 2. The number of para-hydroxylation sites is 1. The number of benzene rings is 1. The number of hydrogen-bond acceptors (Lipinski definition) is 5. The molecule has 2 atom stereocenters. The highest BCUT2D eigenvalue weighted by Gasteiger charge is 2.32. The third kappa shape index (κ3) is 2.52. The average molecular weight is 278 g/mol. The summed E-state index contributed by atoms with van der Waals surface area (Å²) < 4.78 is 0. The maximum Gasteiger partial charge on any atom is 0.315 e. The van der Waals surface area contributed by atoms with Crippen LogP contribution in [0.5, 0.6) is 0 Å². The monoisotopic (exact) mass is 278 g/mol. The number of nitrogen functional groups attached to an aromatic ring is 1. The lowest BCUT2D eigenvalue weighted by Crippen LogP contribution is -2.46. The van der Waals surface area contributed by atoms with Crippen molar-refractivity contribution >= 4 is 23.0 Å². The van der Waals surface area contributed by atoms with E-state index in [0.29, 0.717) is 18.7 Å². The van der Waals surface area contributed by atoms with Crippen molar-refractivity contribution in [2.24, 2.45) is 11.7 Å². The zero-order valence-electron chi connectivity index (χ0n) is 11.3. The van der Waals surface area contributed by atoms with E-state index in [9.17, 15) is 14.9 Å². The number of primary amides is 1. The topological polar surface area (TPSA) is 115 Å². The Hall–Kier alpha value is -2.31. The Balaban J connectivity index is 2.41. The molecular formula is C13H18N4O3. The third-order valence-corrected chi connectivity index (χ3v) is 3.82. The summed E-state index contributed by atoms with van der Waals surface area (Å²) in [6.07, 6.45) is 1.47. The highest BCUT2D eigenvalue weighted by molar-refractivity contribution is 5.80. The number of rotatable bonds is 3. The molecule has 1 aliphatic heterocycles. The fraction of sp³-hybridized carbons (Fsp3) is 0.462. The van der Waals surface area contributed by atoms with Gasteiger partial charge >= 0.3 is 5.69 Å². The number of anilines is 2. The Labute approximate surface area is 116 Å². The van der Waals surface area contributed by atoms with Crippen molar-refractivity contribution in [1.29, 1.82) is 0 Å². The van der Waals surface area contributed by atoms with Crippen LogP contribution in [0.3, 0.4) is 0 Å². The molecule has 2 rings (SSSR count). The van der Waals surface area contributed by atoms with Crippen LogP contribution in [-0.2, 0) is 4.79 Å². The van der Waals surface area contributed by atoms with E-state index in [-0.39, 0.29) is 29.2 Å². The third-order valence-electron chi connectivity index (χ3n) is 3.82. The molecule has 1 saturated heterocycles. The lowest BCUT2D eigenvalue weighted by molar-refractivity contribution is -0.383. The summed E-state index contributed by atoms with van der Waals surface area (Å²) in [6, 6.07) is 4.94. The standard InChI is InChI=1S/C13H18N4O3/c1-8-5-6-9(13(15)18)7-16(8)11-4-2-3-10(14)12(11)17(19)20/h2-4,8-9H,5-7,14H2,1H3,(H2,15,18). The highest BCUT2D eigenvalue weighted by atomic mass is 16.6. The minimum Gasteiger partial charge on any atom is -0.393 e. The maximum atomic E-state index is 11.4. The van der Waals surface area contributed by atoms with Gasteiger partial charge < -0.3 is 16.4 Å². The van der Waals surface area contributed by atoms with Crippen LogP contribution in [0.25, 0.3) is 0 Å². The largest absolute Gasteiger partial charge is 0.393 e. The molecule has 0 spiro atoms. The van der Waals surface area contributed by atoms with E-state index in [0.717, 1.165) is 6.42 Å². The predicted octanol–water partition coefficient (Wildman–Crippen LogP) is 1.27. The fourth-order valence-electron chi connectivity index (χ4n) is 2.65. The molecule has 20 heavy (non-hydrogen) atoms. The molecule has 1 aromatic rings. The quantitative estimate of drug-likeness (QED) is 0.490. The van der Waals surface area contributed by atoms with Gasteiger partial charge in [-0.15, -0.1) is 0 Å². The first kappa shape index (κ1) is 14.1. The molecule has 2 unspecified atom stereocenters. The van der Waals surface area contributed by atoms with Gasteiger partial charge in [-0.05, 0) is 31.9 Å². The minimum absolute atomic E-state index is 0.103. The molecule has 7 nitrogen and oxygen atoms in total. The summed E-state index contributed by atoms with van der Waals surface area (Å²) in [5.41, 5.74) is 11.5. The number of amides is 1. The number of piperidine rings is 1. The van der Waals surface area contributed by atoms with Gasteiger partial charge in [0.1, 0.15) is 11.4 Å². The minimum atomic E-state index is -0.481. The van der Waals surface area contributed by atoms with Gasteiger partial charge in [0.15, 0.2) is 0 Å². The Kier molecular flexibility index (Phi) is 3.78. The van der Waals surface area contributed by atoms with Crippen LogP contribution in [0, 0.1) is 16.0 Å². The highest BCUT2D eigenvalue weighted by Crippen LogP contribution is 2.37. The van der Waals surface area contributed by atoms with Crippen molar-refractivity contribution in [3.05, 3.63) is 28.3 Å². The van der Waals surface area contributed by atoms with Crippen LogP contribution in [0.1, 0.15) is 19.8 Å². The molecule has 1 aliphatic rings. The number of nitrogens with two attached hydrogens (primary N) is 2. The molecule has 1 fully saturated rings. The van der Waals surface area contributed by atoms with Crippen LogP contribution in [0.2, 0.25) is 0 Å². The van der Waals surface area contributed by atoms with Crippen molar-refractivity contribution in [2.45, 2.75) is 25.8 Å². The molecular weight excluding hydrogens is 260 g/mol. The van der Waals surface area contributed by atoms with E-state index in [1.54, 1.807) is 12.1 Å².